The second kappa shape index (κ2) is 6.75. The Hall–Kier alpha value is -2.65. The van der Waals surface area contributed by atoms with Gasteiger partial charge in [0.05, 0.1) is 24.1 Å². The van der Waals surface area contributed by atoms with E-state index in [1.807, 2.05) is 0 Å². The molecule has 1 spiro atoms. The number of piperidine rings is 1. The van der Waals surface area contributed by atoms with Crippen LogP contribution in [0.1, 0.15) is 23.5 Å². The molecule has 1 aromatic heterocycles. The highest BCUT2D eigenvalue weighted by Gasteiger charge is 2.50. The second-order valence-corrected chi connectivity index (χ2v) is 6.95. The van der Waals surface area contributed by atoms with E-state index in [0.717, 1.165) is 17.7 Å². The Kier molecular flexibility index (Phi) is 4.51. The van der Waals surface area contributed by atoms with Crippen molar-refractivity contribution in [1.29, 1.82) is 0 Å². The summed E-state index contributed by atoms with van der Waals surface area (Å²) in [6.45, 7) is 1.58. The van der Waals surface area contributed by atoms with Crippen molar-refractivity contribution in [2.24, 2.45) is 5.73 Å². The zero-order valence-electron chi connectivity index (χ0n) is 14.9. The number of alkyl halides is 3. The molecule has 0 saturated carbocycles. The van der Waals surface area contributed by atoms with Gasteiger partial charge in [-0.05, 0) is 48.9 Å². The first-order valence-corrected chi connectivity index (χ1v) is 8.88. The zero-order valence-corrected chi connectivity index (χ0v) is 14.9. The summed E-state index contributed by atoms with van der Waals surface area (Å²) < 4.78 is 45.8. The molecule has 2 atom stereocenters. The van der Waals surface area contributed by atoms with Crippen LogP contribution in [0.3, 0.4) is 0 Å². The SMILES string of the molecule is NC(=O)C1=CCOC12CCNCC2c1cnn(-c2ccc(C(F)(F)F)cc2)c1. The number of hydrogen-bond acceptors (Lipinski definition) is 4. The van der Waals surface area contributed by atoms with Crippen molar-refractivity contribution in [1.82, 2.24) is 15.1 Å². The molecule has 28 heavy (non-hydrogen) atoms. The number of primary amides is 1. The van der Waals surface area contributed by atoms with Crippen LogP contribution in [0.2, 0.25) is 0 Å². The number of hydrogen-bond donors (Lipinski definition) is 2. The van der Waals surface area contributed by atoms with Crippen LogP contribution in [0.5, 0.6) is 0 Å². The van der Waals surface area contributed by atoms with Gasteiger partial charge >= 0.3 is 6.18 Å². The first-order valence-electron chi connectivity index (χ1n) is 8.88. The molecule has 2 aliphatic heterocycles. The first-order chi connectivity index (χ1) is 13.3. The highest BCUT2D eigenvalue weighted by atomic mass is 19.4. The van der Waals surface area contributed by atoms with Gasteiger partial charge in [0.15, 0.2) is 0 Å². The summed E-state index contributed by atoms with van der Waals surface area (Å²) in [5.41, 5.74) is 5.86. The van der Waals surface area contributed by atoms with E-state index in [2.05, 4.69) is 10.4 Å². The van der Waals surface area contributed by atoms with Gasteiger partial charge in [-0.2, -0.15) is 18.3 Å². The lowest BCUT2D eigenvalue weighted by molar-refractivity contribution is -0.137. The van der Waals surface area contributed by atoms with Gasteiger partial charge in [0.1, 0.15) is 5.60 Å². The fourth-order valence-corrected chi connectivity index (χ4v) is 4.04. The van der Waals surface area contributed by atoms with E-state index >= 15 is 0 Å². The Labute approximate surface area is 159 Å². The zero-order chi connectivity index (χ0) is 19.9. The van der Waals surface area contributed by atoms with Gasteiger partial charge < -0.3 is 15.8 Å². The number of nitrogens with zero attached hydrogens (tertiary/aromatic N) is 2. The number of ether oxygens (including phenoxy) is 1. The average molecular weight is 392 g/mol. The summed E-state index contributed by atoms with van der Waals surface area (Å²) >= 11 is 0. The topological polar surface area (TPSA) is 82.2 Å². The van der Waals surface area contributed by atoms with E-state index in [-0.39, 0.29) is 5.92 Å². The van der Waals surface area contributed by atoms with Gasteiger partial charge in [-0.3, -0.25) is 4.79 Å². The molecule has 3 heterocycles. The average Bonchev–Trinajstić information content (AvgIpc) is 3.30. The third kappa shape index (κ3) is 3.10. The summed E-state index contributed by atoms with van der Waals surface area (Å²) in [5, 5.41) is 7.59. The number of carbonyl (C=O) groups is 1. The quantitative estimate of drug-likeness (QED) is 0.839. The van der Waals surface area contributed by atoms with Crippen molar-refractivity contribution in [3.8, 4) is 5.69 Å². The maximum Gasteiger partial charge on any atom is 0.416 e. The van der Waals surface area contributed by atoms with Crippen molar-refractivity contribution in [2.45, 2.75) is 24.1 Å². The molecule has 0 radical (unpaired) electrons. The fraction of sp³-hybridized carbons (Fsp3) is 0.368. The third-order valence-electron chi connectivity index (χ3n) is 5.40. The highest BCUT2D eigenvalue weighted by Crippen LogP contribution is 2.44. The van der Waals surface area contributed by atoms with Crippen LogP contribution in [0.4, 0.5) is 13.2 Å². The molecule has 1 saturated heterocycles. The molecule has 1 fully saturated rings. The van der Waals surface area contributed by atoms with Gasteiger partial charge in [0.25, 0.3) is 0 Å². The number of nitrogens with two attached hydrogens (primary N) is 1. The Morgan fingerprint density at radius 2 is 2.07 bits per heavy atom. The Balaban J connectivity index is 1.65. The number of halogens is 3. The Bertz CT molecular complexity index is 920. The molecule has 1 aromatic carbocycles. The molecule has 1 amide bonds. The largest absolute Gasteiger partial charge is 0.416 e. The summed E-state index contributed by atoms with van der Waals surface area (Å²) in [4.78, 5) is 11.9. The van der Waals surface area contributed by atoms with E-state index in [0.29, 0.717) is 37.4 Å². The molecular formula is C19H19F3N4O2. The first kappa shape index (κ1) is 18.7. The normalized spacial score (nSPS) is 25.1. The minimum atomic E-state index is -4.38. The Morgan fingerprint density at radius 1 is 1.32 bits per heavy atom. The van der Waals surface area contributed by atoms with E-state index < -0.39 is 23.2 Å². The fourth-order valence-electron chi connectivity index (χ4n) is 4.04. The number of nitrogens with one attached hydrogen (secondary N) is 1. The molecule has 3 N–H and O–H groups in total. The number of rotatable bonds is 3. The van der Waals surface area contributed by atoms with Crippen LogP contribution in [0, 0.1) is 0 Å². The molecule has 6 nitrogen and oxygen atoms in total. The molecule has 4 rings (SSSR count). The maximum absolute atomic E-state index is 12.8. The molecule has 2 aliphatic rings. The van der Waals surface area contributed by atoms with Crippen LogP contribution < -0.4 is 11.1 Å². The van der Waals surface area contributed by atoms with Crippen molar-refractivity contribution in [3.63, 3.8) is 0 Å². The van der Waals surface area contributed by atoms with E-state index in [1.165, 1.54) is 16.8 Å². The summed E-state index contributed by atoms with van der Waals surface area (Å²) in [5.74, 6) is -0.690. The molecule has 0 bridgehead atoms. The minimum Gasteiger partial charge on any atom is -0.366 e. The van der Waals surface area contributed by atoms with Gasteiger partial charge in [0, 0.05) is 24.2 Å². The van der Waals surface area contributed by atoms with Crippen molar-refractivity contribution in [3.05, 3.63) is 59.4 Å². The number of amides is 1. The predicted molar refractivity (Wildman–Crippen MR) is 94.8 cm³/mol. The smallest absolute Gasteiger partial charge is 0.366 e. The van der Waals surface area contributed by atoms with Crippen molar-refractivity contribution in [2.75, 3.05) is 19.7 Å². The molecular weight excluding hydrogens is 373 g/mol. The monoisotopic (exact) mass is 392 g/mol. The summed E-state index contributed by atoms with van der Waals surface area (Å²) in [6, 6.07) is 4.79. The lowest BCUT2D eigenvalue weighted by Gasteiger charge is -2.41. The summed E-state index contributed by atoms with van der Waals surface area (Å²) in [6.07, 6.45) is 1.34. The van der Waals surface area contributed by atoms with Gasteiger partial charge in [-0.25, -0.2) is 4.68 Å². The second-order valence-electron chi connectivity index (χ2n) is 6.95. The predicted octanol–water partition coefficient (Wildman–Crippen LogP) is 2.15. The molecule has 2 aromatic rings. The van der Waals surface area contributed by atoms with Crippen LogP contribution >= 0.6 is 0 Å². The van der Waals surface area contributed by atoms with E-state index in [4.69, 9.17) is 10.5 Å². The molecule has 2 unspecified atom stereocenters. The molecule has 0 aliphatic carbocycles. The van der Waals surface area contributed by atoms with Gasteiger partial charge in [-0.1, -0.05) is 0 Å². The van der Waals surface area contributed by atoms with E-state index in [1.54, 1.807) is 18.5 Å². The molecule has 9 heteroatoms. The highest BCUT2D eigenvalue weighted by molar-refractivity contribution is 5.95. The Morgan fingerprint density at radius 3 is 2.75 bits per heavy atom. The minimum absolute atomic E-state index is 0.189. The van der Waals surface area contributed by atoms with E-state index in [9.17, 15) is 18.0 Å². The lowest BCUT2D eigenvalue weighted by atomic mass is 9.74. The third-order valence-corrected chi connectivity index (χ3v) is 5.40. The van der Waals surface area contributed by atoms with Crippen molar-refractivity contribution >= 4 is 5.91 Å². The maximum atomic E-state index is 12.8. The lowest BCUT2D eigenvalue weighted by Crippen LogP contribution is -2.52. The number of aromatic nitrogens is 2. The van der Waals surface area contributed by atoms with Crippen LogP contribution in [0.15, 0.2) is 48.3 Å². The van der Waals surface area contributed by atoms with Crippen LogP contribution in [-0.2, 0) is 15.7 Å². The summed E-state index contributed by atoms with van der Waals surface area (Å²) in [7, 11) is 0. The molecule has 148 valence electrons. The van der Waals surface area contributed by atoms with Gasteiger partial charge in [-0.15, -0.1) is 0 Å². The van der Waals surface area contributed by atoms with Crippen molar-refractivity contribution < 1.29 is 22.7 Å². The van der Waals surface area contributed by atoms with Gasteiger partial charge in [0.2, 0.25) is 5.91 Å². The number of benzene rings is 1. The van der Waals surface area contributed by atoms with Crippen LogP contribution in [-0.4, -0.2) is 41.0 Å². The van der Waals surface area contributed by atoms with Crippen LogP contribution in [0.25, 0.3) is 5.69 Å². The standard InChI is InChI=1S/C19H19F3N4O2/c20-19(21,22)13-1-3-14(4-2-13)26-11-12(9-25-26)16-10-24-7-6-18(16)15(17(23)27)5-8-28-18/h1-5,9,11,16,24H,6-8,10H2,(H2,23,27). The number of carbonyl (C=O) groups excluding carboxylic acids is 1.